The molecule has 6 heteroatoms. The van der Waals surface area contributed by atoms with Crippen LogP contribution >= 0.6 is 0 Å². The maximum atomic E-state index is 12.1. The number of hydrogen-bond donors (Lipinski definition) is 2. The quantitative estimate of drug-likeness (QED) is 0.824. The maximum absolute atomic E-state index is 12.1. The van der Waals surface area contributed by atoms with Crippen molar-refractivity contribution in [3.8, 4) is 0 Å². The zero-order chi connectivity index (χ0) is 15.6. The number of aliphatic carboxylic acids is 1. The van der Waals surface area contributed by atoms with Gasteiger partial charge in [-0.1, -0.05) is 6.92 Å². The van der Waals surface area contributed by atoms with Gasteiger partial charge in [-0.2, -0.15) is 0 Å². The second-order valence-electron chi connectivity index (χ2n) is 6.74. The van der Waals surface area contributed by atoms with Crippen LogP contribution in [0.2, 0.25) is 0 Å². The first kappa shape index (κ1) is 16.8. The molecule has 116 valence electrons. The molecule has 0 radical (unpaired) electrons. The number of carbonyl (C=O) groups is 2. The number of carbonyl (C=O) groups excluding carboxylic acids is 1. The average Bonchev–Trinajstić information content (AvgIpc) is 2.24. The first-order valence-corrected chi connectivity index (χ1v) is 6.98. The summed E-state index contributed by atoms with van der Waals surface area (Å²) in [5.74, 6) is -1.29. The molecule has 0 saturated carbocycles. The summed E-state index contributed by atoms with van der Waals surface area (Å²) < 4.78 is 5.92. The molecule has 0 bridgehead atoms. The molecule has 0 aromatic rings. The van der Waals surface area contributed by atoms with Gasteiger partial charge < -0.3 is 20.1 Å². The minimum Gasteiger partial charge on any atom is -0.481 e. The molecule has 1 saturated heterocycles. The summed E-state index contributed by atoms with van der Waals surface area (Å²) in [7, 11) is 0. The zero-order valence-electron chi connectivity index (χ0n) is 13.0. The molecule has 2 N–H and O–H groups in total. The highest BCUT2D eigenvalue weighted by Crippen LogP contribution is 2.27. The third kappa shape index (κ3) is 5.00. The Kier molecular flexibility index (Phi) is 5.02. The number of nitrogens with zero attached hydrogens (tertiary/aromatic N) is 1. The van der Waals surface area contributed by atoms with Crippen molar-refractivity contribution >= 4 is 12.0 Å². The molecule has 1 heterocycles. The summed E-state index contributed by atoms with van der Waals surface area (Å²) in [5, 5.41) is 11.6. The highest BCUT2D eigenvalue weighted by atomic mass is 16.5. The van der Waals surface area contributed by atoms with E-state index < -0.39 is 11.9 Å². The van der Waals surface area contributed by atoms with E-state index in [0.717, 1.165) is 0 Å². The van der Waals surface area contributed by atoms with Crippen molar-refractivity contribution in [3.63, 3.8) is 0 Å². The van der Waals surface area contributed by atoms with E-state index in [9.17, 15) is 9.59 Å². The van der Waals surface area contributed by atoms with Gasteiger partial charge in [-0.3, -0.25) is 4.79 Å². The molecule has 1 aliphatic heterocycles. The first-order valence-electron chi connectivity index (χ1n) is 6.98. The van der Waals surface area contributed by atoms with Crippen LogP contribution < -0.4 is 5.32 Å². The summed E-state index contributed by atoms with van der Waals surface area (Å²) >= 11 is 0. The number of amides is 2. The second kappa shape index (κ2) is 5.99. The zero-order valence-corrected chi connectivity index (χ0v) is 13.0. The molecule has 1 aliphatic rings. The van der Waals surface area contributed by atoms with Gasteiger partial charge in [0.1, 0.15) is 0 Å². The molecule has 1 unspecified atom stereocenters. The molecule has 1 fully saturated rings. The van der Waals surface area contributed by atoms with E-state index in [0.29, 0.717) is 26.1 Å². The third-order valence-corrected chi connectivity index (χ3v) is 3.26. The monoisotopic (exact) mass is 286 g/mol. The lowest BCUT2D eigenvalue weighted by atomic mass is 9.99. The molecule has 1 rings (SSSR count). The van der Waals surface area contributed by atoms with E-state index >= 15 is 0 Å². The van der Waals surface area contributed by atoms with Crippen molar-refractivity contribution in [2.75, 3.05) is 19.6 Å². The first-order chi connectivity index (χ1) is 9.02. The molecule has 6 nitrogen and oxygen atoms in total. The van der Waals surface area contributed by atoms with Gasteiger partial charge in [-0.15, -0.1) is 0 Å². The van der Waals surface area contributed by atoms with Crippen molar-refractivity contribution in [3.05, 3.63) is 0 Å². The number of hydrogen-bond acceptors (Lipinski definition) is 3. The minimum absolute atomic E-state index is 0.160. The largest absolute Gasteiger partial charge is 0.481 e. The van der Waals surface area contributed by atoms with Crippen LogP contribution in [0.3, 0.4) is 0 Å². The Morgan fingerprint density at radius 3 is 2.20 bits per heavy atom. The molecule has 20 heavy (non-hydrogen) atoms. The highest BCUT2D eigenvalue weighted by molar-refractivity contribution is 5.74. The van der Waals surface area contributed by atoms with E-state index in [1.807, 2.05) is 27.7 Å². The molecule has 0 aromatic heterocycles. The van der Waals surface area contributed by atoms with Gasteiger partial charge in [-0.05, 0) is 34.1 Å². The van der Waals surface area contributed by atoms with E-state index in [4.69, 9.17) is 9.84 Å². The van der Waals surface area contributed by atoms with Crippen LogP contribution in [-0.2, 0) is 9.53 Å². The number of morpholine rings is 1. The SMILES string of the molecule is CC(CCNC(=O)N1CC(C)(C)OC(C)(C)C1)C(=O)O. The van der Waals surface area contributed by atoms with E-state index in [1.165, 1.54) is 0 Å². The number of nitrogens with one attached hydrogen (secondary N) is 1. The second-order valence-corrected chi connectivity index (χ2v) is 6.74. The summed E-state index contributed by atoms with van der Waals surface area (Å²) in [6, 6.07) is -0.160. The van der Waals surface area contributed by atoms with Crippen LogP contribution in [0.4, 0.5) is 4.79 Å². The highest BCUT2D eigenvalue weighted by Gasteiger charge is 2.39. The van der Waals surface area contributed by atoms with Crippen molar-refractivity contribution < 1.29 is 19.4 Å². The molecule has 0 spiro atoms. The smallest absolute Gasteiger partial charge is 0.317 e. The van der Waals surface area contributed by atoms with Gasteiger partial charge in [0, 0.05) is 6.54 Å². The number of ether oxygens (including phenoxy) is 1. The lowest BCUT2D eigenvalue weighted by molar-refractivity contribution is -0.170. The summed E-state index contributed by atoms with van der Waals surface area (Å²) in [5.41, 5.74) is -0.763. The minimum atomic E-state index is -0.840. The Bertz CT molecular complexity index is 363. The van der Waals surface area contributed by atoms with Crippen LogP contribution in [0, 0.1) is 5.92 Å². The van der Waals surface area contributed by atoms with Crippen molar-refractivity contribution in [1.82, 2.24) is 10.2 Å². The fourth-order valence-corrected chi connectivity index (χ4v) is 2.56. The maximum Gasteiger partial charge on any atom is 0.317 e. The summed E-state index contributed by atoms with van der Waals surface area (Å²) in [4.78, 5) is 24.6. The molecule has 0 aliphatic carbocycles. The Morgan fingerprint density at radius 2 is 1.75 bits per heavy atom. The Hall–Kier alpha value is -1.30. The van der Waals surface area contributed by atoms with E-state index in [2.05, 4.69) is 5.32 Å². The van der Waals surface area contributed by atoms with Gasteiger partial charge in [-0.25, -0.2) is 4.79 Å². The van der Waals surface area contributed by atoms with Crippen LogP contribution in [0.25, 0.3) is 0 Å². The Morgan fingerprint density at radius 1 is 1.25 bits per heavy atom. The lowest BCUT2D eigenvalue weighted by Gasteiger charge is -2.47. The molecule has 2 amide bonds. The molecular weight excluding hydrogens is 260 g/mol. The van der Waals surface area contributed by atoms with Gasteiger partial charge in [0.15, 0.2) is 0 Å². The van der Waals surface area contributed by atoms with Crippen LogP contribution in [0.15, 0.2) is 0 Å². The van der Waals surface area contributed by atoms with Crippen molar-refractivity contribution in [1.29, 1.82) is 0 Å². The van der Waals surface area contributed by atoms with Gasteiger partial charge in [0.05, 0.1) is 30.2 Å². The number of urea groups is 1. The lowest BCUT2D eigenvalue weighted by Crippen LogP contribution is -2.60. The fraction of sp³-hybridized carbons (Fsp3) is 0.857. The Labute approximate surface area is 120 Å². The van der Waals surface area contributed by atoms with Crippen molar-refractivity contribution in [2.45, 2.75) is 52.2 Å². The molecular formula is C14H26N2O4. The van der Waals surface area contributed by atoms with Crippen molar-refractivity contribution in [2.24, 2.45) is 5.92 Å². The standard InChI is InChI=1S/C14H26N2O4/c1-10(11(17)18)6-7-15-12(19)16-8-13(2,3)20-14(4,5)9-16/h10H,6-9H2,1-5H3,(H,15,19)(H,17,18). The number of rotatable bonds is 4. The van der Waals surface area contributed by atoms with Crippen LogP contribution in [0.5, 0.6) is 0 Å². The third-order valence-electron chi connectivity index (χ3n) is 3.26. The van der Waals surface area contributed by atoms with E-state index in [-0.39, 0.29) is 17.2 Å². The van der Waals surface area contributed by atoms with Gasteiger partial charge in [0.2, 0.25) is 0 Å². The fourth-order valence-electron chi connectivity index (χ4n) is 2.56. The summed E-state index contributed by atoms with van der Waals surface area (Å²) in [6.07, 6.45) is 0.429. The normalized spacial score (nSPS) is 22.1. The summed E-state index contributed by atoms with van der Waals surface area (Å²) in [6.45, 7) is 10.9. The number of carboxylic acid groups (broad SMARTS) is 1. The predicted molar refractivity (Wildman–Crippen MR) is 75.6 cm³/mol. The van der Waals surface area contributed by atoms with Crippen LogP contribution in [0.1, 0.15) is 41.0 Å². The van der Waals surface area contributed by atoms with Gasteiger partial charge >= 0.3 is 12.0 Å². The topological polar surface area (TPSA) is 78.9 Å². The van der Waals surface area contributed by atoms with Gasteiger partial charge in [0.25, 0.3) is 0 Å². The Balaban J connectivity index is 2.49. The van der Waals surface area contributed by atoms with Crippen LogP contribution in [-0.4, -0.2) is 52.8 Å². The predicted octanol–water partition coefficient (Wildman–Crippen LogP) is 1.70. The molecule has 1 atom stereocenters. The van der Waals surface area contributed by atoms with E-state index in [1.54, 1.807) is 11.8 Å². The average molecular weight is 286 g/mol. The molecule has 0 aromatic carbocycles. The number of carboxylic acids is 1.